The second-order valence-corrected chi connectivity index (χ2v) is 7.33. The van der Waals surface area contributed by atoms with Crippen molar-refractivity contribution in [2.45, 2.75) is 32.4 Å². The highest BCUT2D eigenvalue weighted by molar-refractivity contribution is 5.71. The fourth-order valence-corrected chi connectivity index (χ4v) is 3.86. The molecule has 3 aromatic heterocycles. The number of rotatable bonds is 3. The molecule has 8 heteroatoms. The van der Waals surface area contributed by atoms with Gasteiger partial charge in [-0.15, -0.1) is 0 Å². The number of pyridine rings is 2. The third-order valence-corrected chi connectivity index (χ3v) is 5.41. The molecule has 146 valence electrons. The molecule has 1 fully saturated rings. The maximum absolute atomic E-state index is 13.0. The lowest BCUT2D eigenvalue weighted by Gasteiger charge is -2.33. The average molecular weight is 383 g/mol. The Morgan fingerprint density at radius 3 is 2.54 bits per heavy atom. The molecule has 4 heterocycles. The molecule has 1 aliphatic rings. The van der Waals surface area contributed by atoms with Crippen molar-refractivity contribution >= 4 is 11.2 Å². The van der Waals surface area contributed by atoms with E-state index >= 15 is 0 Å². The van der Waals surface area contributed by atoms with E-state index in [0.29, 0.717) is 17.7 Å². The number of piperidine rings is 1. The molecule has 0 N–H and O–H groups in total. The van der Waals surface area contributed by atoms with Gasteiger partial charge < -0.3 is 4.57 Å². The van der Waals surface area contributed by atoms with Crippen LogP contribution >= 0.6 is 0 Å². The first-order valence-corrected chi connectivity index (χ1v) is 9.35. The van der Waals surface area contributed by atoms with Crippen LogP contribution < -0.4 is 11.1 Å². The summed E-state index contributed by atoms with van der Waals surface area (Å²) in [5.74, 6) is -0.484. The van der Waals surface area contributed by atoms with E-state index < -0.39 is 17.1 Å². The van der Waals surface area contributed by atoms with Gasteiger partial charge in [0.1, 0.15) is 0 Å². The Kier molecular flexibility index (Phi) is 4.80. The van der Waals surface area contributed by atoms with E-state index in [0.717, 1.165) is 37.2 Å². The summed E-state index contributed by atoms with van der Waals surface area (Å²) in [6, 6.07) is 6.71. The van der Waals surface area contributed by atoms with Gasteiger partial charge in [-0.2, -0.15) is 4.39 Å². The number of hydrogen-bond acceptors (Lipinski definition) is 5. The zero-order valence-electron chi connectivity index (χ0n) is 15.9. The second kappa shape index (κ2) is 7.27. The molecule has 0 aliphatic carbocycles. The molecule has 0 saturated carbocycles. The zero-order valence-corrected chi connectivity index (χ0v) is 15.9. The van der Waals surface area contributed by atoms with Crippen molar-refractivity contribution in [2.24, 2.45) is 7.05 Å². The van der Waals surface area contributed by atoms with Gasteiger partial charge in [-0.05, 0) is 43.5 Å². The van der Waals surface area contributed by atoms with Crippen LogP contribution in [-0.4, -0.2) is 37.1 Å². The van der Waals surface area contributed by atoms with Gasteiger partial charge in [-0.1, -0.05) is 6.07 Å². The van der Waals surface area contributed by atoms with E-state index in [1.807, 2.05) is 19.1 Å². The lowest BCUT2D eigenvalue weighted by molar-refractivity contribution is 0.179. The minimum Gasteiger partial charge on any atom is -0.304 e. The van der Waals surface area contributed by atoms with Crippen LogP contribution in [0.3, 0.4) is 0 Å². The van der Waals surface area contributed by atoms with Crippen LogP contribution in [0.4, 0.5) is 4.39 Å². The molecule has 4 rings (SSSR count). The van der Waals surface area contributed by atoms with Gasteiger partial charge in [0.25, 0.3) is 0 Å². The highest BCUT2D eigenvalue weighted by Crippen LogP contribution is 2.24. The predicted octanol–water partition coefficient (Wildman–Crippen LogP) is 1.77. The van der Waals surface area contributed by atoms with E-state index in [1.165, 1.54) is 10.6 Å². The molecule has 1 aliphatic heterocycles. The molecular formula is C20H22FN5O2. The van der Waals surface area contributed by atoms with E-state index in [9.17, 15) is 14.0 Å². The Bertz CT molecular complexity index is 1130. The zero-order chi connectivity index (χ0) is 19.8. The molecule has 1 saturated heterocycles. The SMILES string of the molecule is Cc1ccc2c(n1)n(C1CCN(Cc3ccc(F)nc3)CC1)c(=O)c(=O)n2C. The van der Waals surface area contributed by atoms with E-state index in [4.69, 9.17) is 0 Å². The summed E-state index contributed by atoms with van der Waals surface area (Å²) in [6.45, 7) is 4.11. The normalized spacial score (nSPS) is 16.0. The van der Waals surface area contributed by atoms with Crippen molar-refractivity contribution in [3.63, 3.8) is 0 Å². The highest BCUT2D eigenvalue weighted by Gasteiger charge is 2.25. The Labute approximate surface area is 161 Å². The molecule has 0 bridgehead atoms. The van der Waals surface area contributed by atoms with Crippen LogP contribution in [0.2, 0.25) is 0 Å². The minimum atomic E-state index is -0.530. The quantitative estimate of drug-likeness (QED) is 0.509. The maximum atomic E-state index is 13.0. The van der Waals surface area contributed by atoms with Crippen LogP contribution in [0.25, 0.3) is 11.2 Å². The average Bonchev–Trinajstić information content (AvgIpc) is 2.69. The van der Waals surface area contributed by atoms with Crippen molar-refractivity contribution < 1.29 is 4.39 Å². The number of halogens is 1. The lowest BCUT2D eigenvalue weighted by Crippen LogP contribution is -2.45. The molecule has 0 spiro atoms. The van der Waals surface area contributed by atoms with Gasteiger partial charge in [0, 0.05) is 44.6 Å². The highest BCUT2D eigenvalue weighted by atomic mass is 19.1. The monoisotopic (exact) mass is 383 g/mol. The predicted molar refractivity (Wildman–Crippen MR) is 104 cm³/mol. The first kappa shape index (κ1) is 18.5. The van der Waals surface area contributed by atoms with Gasteiger partial charge in [0.2, 0.25) is 5.95 Å². The van der Waals surface area contributed by atoms with E-state index in [2.05, 4.69) is 14.9 Å². The third kappa shape index (κ3) is 3.35. The minimum absolute atomic E-state index is 0.0687. The van der Waals surface area contributed by atoms with Crippen LogP contribution in [0.1, 0.15) is 30.1 Å². The number of likely N-dealkylation sites (tertiary alicyclic amines) is 1. The molecule has 7 nitrogen and oxygen atoms in total. The van der Waals surface area contributed by atoms with Gasteiger partial charge in [-0.3, -0.25) is 19.1 Å². The Balaban J connectivity index is 1.60. The number of fused-ring (bicyclic) bond motifs is 1. The smallest absolute Gasteiger partial charge is 0.304 e. The Morgan fingerprint density at radius 2 is 1.86 bits per heavy atom. The van der Waals surface area contributed by atoms with E-state index in [1.54, 1.807) is 23.9 Å². The molecule has 3 aromatic rings. The topological polar surface area (TPSA) is 73.0 Å². The summed E-state index contributed by atoms with van der Waals surface area (Å²) in [6.07, 6.45) is 3.03. The Hall–Kier alpha value is -2.87. The first-order valence-electron chi connectivity index (χ1n) is 9.35. The molecule has 0 radical (unpaired) electrons. The van der Waals surface area contributed by atoms with Gasteiger partial charge in [0.05, 0.1) is 5.52 Å². The third-order valence-electron chi connectivity index (χ3n) is 5.41. The van der Waals surface area contributed by atoms with Gasteiger partial charge in [0.15, 0.2) is 5.65 Å². The van der Waals surface area contributed by atoms with Crippen molar-refractivity contribution in [3.05, 3.63) is 68.4 Å². The molecule has 0 atom stereocenters. The second-order valence-electron chi connectivity index (χ2n) is 7.33. The van der Waals surface area contributed by atoms with Crippen molar-refractivity contribution in [2.75, 3.05) is 13.1 Å². The van der Waals surface area contributed by atoms with Crippen LogP contribution in [0.15, 0.2) is 40.1 Å². The maximum Gasteiger partial charge on any atom is 0.318 e. The number of hydrogen-bond donors (Lipinski definition) is 0. The lowest BCUT2D eigenvalue weighted by atomic mass is 10.0. The molecule has 0 aromatic carbocycles. The fourth-order valence-electron chi connectivity index (χ4n) is 3.86. The van der Waals surface area contributed by atoms with Crippen LogP contribution in [0.5, 0.6) is 0 Å². The Morgan fingerprint density at radius 1 is 1.11 bits per heavy atom. The first-order chi connectivity index (χ1) is 13.4. The number of aryl methyl sites for hydroxylation is 2. The van der Waals surface area contributed by atoms with Crippen molar-refractivity contribution in [1.29, 1.82) is 0 Å². The summed E-state index contributed by atoms with van der Waals surface area (Å²) < 4.78 is 15.9. The molecule has 0 unspecified atom stereocenters. The van der Waals surface area contributed by atoms with Gasteiger partial charge >= 0.3 is 11.1 Å². The fraction of sp³-hybridized carbons (Fsp3) is 0.400. The molecule has 28 heavy (non-hydrogen) atoms. The van der Waals surface area contributed by atoms with Crippen molar-refractivity contribution in [1.82, 2.24) is 24.0 Å². The van der Waals surface area contributed by atoms with Crippen LogP contribution in [0, 0.1) is 12.9 Å². The molecule has 0 amide bonds. The summed E-state index contributed by atoms with van der Waals surface area (Å²) in [5.41, 5.74) is 1.93. The van der Waals surface area contributed by atoms with E-state index in [-0.39, 0.29) is 6.04 Å². The van der Waals surface area contributed by atoms with Crippen LogP contribution in [-0.2, 0) is 13.6 Å². The van der Waals surface area contributed by atoms with Crippen molar-refractivity contribution in [3.8, 4) is 0 Å². The summed E-state index contributed by atoms with van der Waals surface area (Å²) in [5, 5.41) is 0. The number of aromatic nitrogens is 4. The summed E-state index contributed by atoms with van der Waals surface area (Å²) in [7, 11) is 1.60. The summed E-state index contributed by atoms with van der Waals surface area (Å²) >= 11 is 0. The summed E-state index contributed by atoms with van der Waals surface area (Å²) in [4.78, 5) is 35.7. The largest absolute Gasteiger partial charge is 0.318 e. The van der Waals surface area contributed by atoms with Gasteiger partial charge in [-0.25, -0.2) is 9.97 Å². The standard InChI is InChI=1S/C20H22FN5O2/c1-13-3-5-16-18(23-13)26(20(28)19(27)24(16)2)15-7-9-25(10-8-15)12-14-4-6-17(21)22-11-14/h3-6,11,15H,7-10,12H2,1-2H3. The molecular weight excluding hydrogens is 361 g/mol. The number of nitrogens with zero attached hydrogens (tertiary/aromatic N) is 5.